The second-order valence-electron chi connectivity index (χ2n) is 6.69. The number of ether oxygens (including phenoxy) is 1. The molecule has 152 valence electrons. The first-order valence-electron chi connectivity index (χ1n) is 9.94. The van der Waals surface area contributed by atoms with Crippen LogP contribution >= 0.6 is 0 Å². The van der Waals surface area contributed by atoms with Gasteiger partial charge in [0.25, 0.3) is 0 Å². The third kappa shape index (κ3) is 10.1. The van der Waals surface area contributed by atoms with E-state index >= 15 is 0 Å². The summed E-state index contributed by atoms with van der Waals surface area (Å²) >= 11 is 0. The number of carboxylic acid groups (broad SMARTS) is 1. The van der Waals surface area contributed by atoms with Gasteiger partial charge in [0.15, 0.2) is 5.78 Å². The highest BCUT2D eigenvalue weighted by molar-refractivity contribution is 5.99. The molecule has 1 aliphatic rings. The van der Waals surface area contributed by atoms with Crippen molar-refractivity contribution in [1.82, 2.24) is 5.32 Å². The summed E-state index contributed by atoms with van der Waals surface area (Å²) in [6.07, 6.45) is 8.39. The number of rotatable bonds is 10. The fraction of sp³-hybridized carbons (Fsp3) is 0.619. The highest BCUT2D eigenvalue weighted by atomic mass is 16.5. The summed E-state index contributed by atoms with van der Waals surface area (Å²) in [5, 5.41) is 21.5. The Morgan fingerprint density at radius 3 is 2.19 bits per heavy atom. The van der Waals surface area contributed by atoms with Gasteiger partial charge in [-0.3, -0.25) is 4.79 Å². The maximum atomic E-state index is 12.0. The molecule has 27 heavy (non-hydrogen) atoms. The Bertz CT molecular complexity index is 558. The summed E-state index contributed by atoms with van der Waals surface area (Å²) in [5.41, 5.74) is 0.136. The van der Waals surface area contributed by atoms with Gasteiger partial charge in [-0.15, -0.1) is 0 Å². The monoisotopic (exact) mass is 379 g/mol. The molecule has 0 bridgehead atoms. The van der Waals surface area contributed by atoms with E-state index in [1.165, 1.54) is 43.9 Å². The van der Waals surface area contributed by atoms with Crippen LogP contribution in [-0.2, 0) is 4.74 Å². The van der Waals surface area contributed by atoms with Crippen LogP contribution in [-0.4, -0.2) is 48.3 Å². The standard InChI is InChI=1S/C17H24O4.C4H9NO/c1-2-3-4-5-6-7-8-9-15(18)13-10-11-16(19)14(12-13)17(20)21;1-3-6-4-2-5-1/h10-12,19H,2-9H2,1H3,(H,20,21);5H,1-4H2. The van der Waals surface area contributed by atoms with Crippen molar-refractivity contribution in [2.45, 2.75) is 58.3 Å². The third-order valence-corrected chi connectivity index (χ3v) is 4.40. The minimum atomic E-state index is -1.22. The average Bonchev–Trinajstić information content (AvgIpc) is 2.69. The molecule has 3 N–H and O–H groups in total. The van der Waals surface area contributed by atoms with Crippen LogP contribution in [0.5, 0.6) is 5.75 Å². The second kappa shape index (κ2) is 14.2. The molecule has 1 saturated heterocycles. The van der Waals surface area contributed by atoms with Gasteiger partial charge in [0.05, 0.1) is 13.2 Å². The predicted molar refractivity (Wildman–Crippen MR) is 106 cm³/mol. The molecule has 1 aromatic carbocycles. The number of phenols is 1. The summed E-state index contributed by atoms with van der Waals surface area (Å²) in [4.78, 5) is 22.9. The van der Waals surface area contributed by atoms with Gasteiger partial charge in [-0.25, -0.2) is 4.79 Å². The average molecular weight is 379 g/mol. The Hall–Kier alpha value is -1.92. The lowest BCUT2D eigenvalue weighted by atomic mass is 10.0. The molecule has 0 aliphatic carbocycles. The summed E-state index contributed by atoms with van der Waals surface area (Å²) < 4.78 is 5.01. The van der Waals surface area contributed by atoms with E-state index in [9.17, 15) is 14.7 Å². The lowest BCUT2D eigenvalue weighted by Gasteiger charge is -2.10. The van der Waals surface area contributed by atoms with E-state index in [-0.39, 0.29) is 17.1 Å². The molecule has 6 nitrogen and oxygen atoms in total. The molecule has 0 spiro atoms. The first-order valence-corrected chi connectivity index (χ1v) is 9.94. The van der Waals surface area contributed by atoms with Gasteiger partial charge in [0.1, 0.15) is 11.3 Å². The lowest BCUT2D eigenvalue weighted by molar-refractivity contribution is 0.0693. The van der Waals surface area contributed by atoms with Gasteiger partial charge < -0.3 is 20.3 Å². The van der Waals surface area contributed by atoms with Crippen molar-refractivity contribution in [3.05, 3.63) is 29.3 Å². The number of aromatic hydroxyl groups is 1. The van der Waals surface area contributed by atoms with Crippen LogP contribution in [0.2, 0.25) is 0 Å². The van der Waals surface area contributed by atoms with Crippen molar-refractivity contribution in [2.75, 3.05) is 26.3 Å². The number of morpholine rings is 1. The molecule has 6 heteroatoms. The number of unbranched alkanes of at least 4 members (excludes halogenated alkanes) is 6. The third-order valence-electron chi connectivity index (χ3n) is 4.40. The number of carbonyl (C=O) groups is 2. The number of Topliss-reactive ketones (excluding diaryl/α,β-unsaturated/α-hetero) is 1. The van der Waals surface area contributed by atoms with Crippen molar-refractivity contribution >= 4 is 11.8 Å². The lowest BCUT2D eigenvalue weighted by Crippen LogP contribution is -2.30. The van der Waals surface area contributed by atoms with Crippen LogP contribution < -0.4 is 5.32 Å². The van der Waals surface area contributed by atoms with Crippen molar-refractivity contribution in [1.29, 1.82) is 0 Å². The molecule has 0 amide bonds. The van der Waals surface area contributed by atoms with Crippen LogP contribution in [0.1, 0.15) is 79.0 Å². The highest BCUT2D eigenvalue weighted by Gasteiger charge is 2.13. The molecule has 0 radical (unpaired) electrons. The van der Waals surface area contributed by atoms with E-state index in [1.807, 2.05) is 0 Å². The largest absolute Gasteiger partial charge is 0.507 e. The van der Waals surface area contributed by atoms with Crippen LogP contribution in [0, 0.1) is 0 Å². The van der Waals surface area contributed by atoms with Crippen LogP contribution in [0.15, 0.2) is 18.2 Å². The highest BCUT2D eigenvalue weighted by Crippen LogP contribution is 2.20. The number of hydrogen-bond acceptors (Lipinski definition) is 5. The van der Waals surface area contributed by atoms with Crippen molar-refractivity contribution in [3.8, 4) is 5.75 Å². The zero-order valence-corrected chi connectivity index (χ0v) is 16.3. The summed E-state index contributed by atoms with van der Waals surface area (Å²) in [6, 6.07) is 3.99. The van der Waals surface area contributed by atoms with Crippen molar-refractivity contribution < 1.29 is 24.5 Å². The molecule has 1 fully saturated rings. The van der Waals surface area contributed by atoms with E-state index < -0.39 is 5.97 Å². The maximum absolute atomic E-state index is 12.0. The Kier molecular flexibility index (Phi) is 12.1. The molecule has 1 aliphatic heterocycles. The smallest absolute Gasteiger partial charge is 0.339 e. The summed E-state index contributed by atoms with van der Waals surface area (Å²) in [5.74, 6) is -1.60. The SMILES string of the molecule is C1COCCN1.CCCCCCCCCC(=O)c1ccc(O)c(C(=O)O)c1. The van der Waals surface area contributed by atoms with E-state index in [0.717, 1.165) is 45.6 Å². The Morgan fingerprint density at radius 2 is 1.67 bits per heavy atom. The summed E-state index contributed by atoms with van der Waals surface area (Å²) in [7, 11) is 0. The normalized spacial score (nSPS) is 13.5. The Labute approximate surface area is 161 Å². The van der Waals surface area contributed by atoms with Gasteiger partial charge in [-0.05, 0) is 24.6 Å². The van der Waals surface area contributed by atoms with Gasteiger partial charge in [0.2, 0.25) is 0 Å². The molecular weight excluding hydrogens is 346 g/mol. The first-order chi connectivity index (χ1) is 13.1. The number of carbonyl (C=O) groups excluding carboxylic acids is 1. The van der Waals surface area contributed by atoms with Crippen LogP contribution in [0.25, 0.3) is 0 Å². The fourth-order valence-corrected chi connectivity index (χ4v) is 2.78. The van der Waals surface area contributed by atoms with Crippen molar-refractivity contribution in [2.24, 2.45) is 0 Å². The number of ketones is 1. The van der Waals surface area contributed by atoms with Crippen molar-refractivity contribution in [3.63, 3.8) is 0 Å². The van der Waals surface area contributed by atoms with E-state index in [1.54, 1.807) is 0 Å². The van der Waals surface area contributed by atoms with E-state index in [4.69, 9.17) is 9.84 Å². The van der Waals surface area contributed by atoms with Gasteiger partial charge in [-0.1, -0.05) is 45.4 Å². The zero-order chi connectivity index (χ0) is 19.9. The van der Waals surface area contributed by atoms with Gasteiger partial charge in [-0.2, -0.15) is 0 Å². The predicted octanol–water partition coefficient (Wildman–Crippen LogP) is 4.02. The molecule has 1 heterocycles. The maximum Gasteiger partial charge on any atom is 0.339 e. The van der Waals surface area contributed by atoms with Gasteiger partial charge >= 0.3 is 5.97 Å². The fourth-order valence-electron chi connectivity index (χ4n) is 2.78. The Morgan fingerprint density at radius 1 is 1.04 bits per heavy atom. The minimum Gasteiger partial charge on any atom is -0.507 e. The first kappa shape index (κ1) is 23.1. The molecule has 1 aromatic rings. The van der Waals surface area contributed by atoms with Crippen LogP contribution in [0.4, 0.5) is 0 Å². The number of nitrogens with one attached hydrogen (secondary N) is 1. The number of aromatic carboxylic acids is 1. The molecule has 0 atom stereocenters. The minimum absolute atomic E-state index is 0.0638. The van der Waals surface area contributed by atoms with E-state index in [2.05, 4.69) is 12.2 Å². The van der Waals surface area contributed by atoms with Crippen LogP contribution in [0.3, 0.4) is 0 Å². The Balaban J connectivity index is 0.000000511. The molecular formula is C21H33NO5. The summed E-state index contributed by atoms with van der Waals surface area (Å²) in [6.45, 7) is 6.02. The molecule has 2 rings (SSSR count). The molecule has 0 saturated carbocycles. The number of hydrogen-bond donors (Lipinski definition) is 3. The zero-order valence-electron chi connectivity index (χ0n) is 16.3. The van der Waals surface area contributed by atoms with Gasteiger partial charge in [0, 0.05) is 25.1 Å². The topological polar surface area (TPSA) is 95.9 Å². The number of benzene rings is 1. The molecule has 0 aromatic heterocycles. The molecule has 0 unspecified atom stereocenters. The number of carboxylic acids is 1. The quantitative estimate of drug-likeness (QED) is 0.420. The second-order valence-corrected chi connectivity index (χ2v) is 6.69. The van der Waals surface area contributed by atoms with E-state index in [0.29, 0.717) is 12.0 Å².